The van der Waals surface area contributed by atoms with Crippen molar-refractivity contribution in [2.45, 2.75) is 296 Å². The number of carbonyl (C=O) groups is 1. The van der Waals surface area contributed by atoms with Gasteiger partial charge >= 0.3 is 0 Å². The molecule has 8 nitrogen and oxygen atoms in total. The molecule has 0 aliphatic rings. The molecule has 0 fully saturated rings. The zero-order valence-electron chi connectivity index (χ0n) is 49.3. The van der Waals surface area contributed by atoms with Crippen molar-refractivity contribution in [2.24, 2.45) is 0 Å². The fourth-order valence-electron chi connectivity index (χ4n) is 9.06. The maximum Gasteiger partial charge on any atom is 0.268 e. The van der Waals surface area contributed by atoms with Gasteiger partial charge in [0.25, 0.3) is 7.82 Å². The fourth-order valence-corrected chi connectivity index (χ4v) is 9.79. The first-order chi connectivity index (χ1) is 36.0. The maximum atomic E-state index is 13.0. The molecule has 0 aliphatic carbocycles. The predicted octanol–water partition coefficient (Wildman–Crippen LogP) is 18.8. The Morgan fingerprint density at radius 3 is 1.20 bits per heavy atom. The number of quaternary nitrogens is 1. The van der Waals surface area contributed by atoms with Crippen LogP contribution in [0.5, 0.6) is 0 Å². The summed E-state index contributed by atoms with van der Waals surface area (Å²) in [5.41, 5.74) is 0. The smallest absolute Gasteiger partial charge is 0.268 e. The highest BCUT2D eigenvalue weighted by atomic mass is 31.2. The van der Waals surface area contributed by atoms with Gasteiger partial charge in [0, 0.05) is 6.42 Å². The molecule has 3 atom stereocenters. The van der Waals surface area contributed by atoms with Crippen molar-refractivity contribution < 1.29 is 32.9 Å². The summed E-state index contributed by atoms with van der Waals surface area (Å²) >= 11 is 0. The van der Waals surface area contributed by atoms with E-state index in [4.69, 9.17) is 9.05 Å². The lowest BCUT2D eigenvalue weighted by Crippen LogP contribution is -2.45. The van der Waals surface area contributed by atoms with Crippen LogP contribution in [0, 0.1) is 0 Å². The lowest BCUT2D eigenvalue weighted by molar-refractivity contribution is -0.870. The van der Waals surface area contributed by atoms with E-state index in [9.17, 15) is 19.4 Å². The number of unbranched alkanes of at least 4 members (excludes halogenated alkanes) is 34. The Hall–Kier alpha value is -2.06. The molecule has 0 radical (unpaired) electrons. The van der Waals surface area contributed by atoms with Crippen LogP contribution in [0.4, 0.5) is 0 Å². The average Bonchev–Trinajstić information content (AvgIpc) is 3.36. The van der Waals surface area contributed by atoms with Crippen LogP contribution in [0.1, 0.15) is 284 Å². The summed E-state index contributed by atoms with van der Waals surface area (Å²) in [6, 6.07) is -0.893. The second-order valence-corrected chi connectivity index (χ2v) is 23.8. The lowest BCUT2D eigenvalue weighted by Gasteiger charge is -2.29. The molecule has 0 heterocycles. The first-order valence-electron chi connectivity index (χ1n) is 31.3. The molecule has 0 aromatic rings. The number of phosphoric ester groups is 1. The van der Waals surface area contributed by atoms with E-state index in [-0.39, 0.29) is 19.1 Å². The minimum Gasteiger partial charge on any atom is -0.756 e. The number of aliphatic hydroxyl groups is 1. The van der Waals surface area contributed by atoms with E-state index >= 15 is 0 Å². The minimum atomic E-state index is -4.60. The molecule has 0 saturated heterocycles. The van der Waals surface area contributed by atoms with Crippen molar-refractivity contribution in [1.29, 1.82) is 0 Å². The van der Waals surface area contributed by atoms with E-state index in [1.807, 2.05) is 27.2 Å². The van der Waals surface area contributed by atoms with Crippen LogP contribution in [0.25, 0.3) is 0 Å². The van der Waals surface area contributed by atoms with Crippen molar-refractivity contribution in [3.8, 4) is 0 Å². The molecule has 2 N–H and O–H groups in total. The predicted molar refractivity (Wildman–Crippen MR) is 320 cm³/mol. The maximum absolute atomic E-state index is 13.0. The Balaban J connectivity index is 4.17. The van der Waals surface area contributed by atoms with Crippen LogP contribution >= 0.6 is 7.82 Å². The van der Waals surface area contributed by atoms with Gasteiger partial charge in [0.05, 0.1) is 39.9 Å². The topological polar surface area (TPSA) is 108 Å². The molecular formula is C65H121N2O6P. The highest BCUT2D eigenvalue weighted by Crippen LogP contribution is 2.38. The van der Waals surface area contributed by atoms with E-state index < -0.39 is 20.0 Å². The molecule has 1 amide bonds. The molecule has 3 unspecified atom stereocenters. The van der Waals surface area contributed by atoms with E-state index in [0.717, 1.165) is 70.6 Å². The number of nitrogens with one attached hydrogen (secondary N) is 1. The SMILES string of the molecule is CC/C=C\C/C=C\C/C=C\C/C=C\C/C=C\CCCCCCCCCCCCCC(=O)NC(COP(=O)([O-])OCC[N+](C)(C)C)C(O)/C=C/CCCCCCCCCCCCCCCCCCCCCCCCC. The highest BCUT2D eigenvalue weighted by molar-refractivity contribution is 7.45. The van der Waals surface area contributed by atoms with Crippen molar-refractivity contribution in [2.75, 3.05) is 40.9 Å². The first-order valence-corrected chi connectivity index (χ1v) is 32.8. The molecule has 0 saturated carbocycles. The Labute approximate surface area is 459 Å². The normalized spacial score (nSPS) is 14.3. The van der Waals surface area contributed by atoms with Crippen LogP contribution < -0.4 is 10.2 Å². The van der Waals surface area contributed by atoms with Gasteiger partial charge in [-0.3, -0.25) is 9.36 Å². The summed E-state index contributed by atoms with van der Waals surface area (Å²) < 4.78 is 23.4. The lowest BCUT2D eigenvalue weighted by atomic mass is 10.0. The second kappa shape index (κ2) is 55.7. The van der Waals surface area contributed by atoms with E-state index in [1.165, 1.54) is 193 Å². The Kier molecular flexibility index (Phi) is 54.1. The van der Waals surface area contributed by atoms with Crippen molar-refractivity contribution in [1.82, 2.24) is 5.32 Å². The number of hydrogen-bond donors (Lipinski definition) is 2. The number of amides is 1. The summed E-state index contributed by atoms with van der Waals surface area (Å²) in [6.45, 7) is 4.56. The van der Waals surface area contributed by atoms with E-state index in [1.54, 1.807) is 6.08 Å². The van der Waals surface area contributed by atoms with Gasteiger partial charge in [-0.1, -0.05) is 286 Å². The molecule has 0 aromatic carbocycles. The van der Waals surface area contributed by atoms with Gasteiger partial charge in [-0.25, -0.2) is 0 Å². The second-order valence-electron chi connectivity index (χ2n) is 22.4. The monoisotopic (exact) mass is 1060 g/mol. The van der Waals surface area contributed by atoms with Crippen LogP contribution in [0.15, 0.2) is 72.9 Å². The molecule has 0 aliphatic heterocycles. The summed E-state index contributed by atoms with van der Waals surface area (Å²) in [5.74, 6) is -0.200. The van der Waals surface area contributed by atoms with Gasteiger partial charge in [-0.15, -0.1) is 0 Å². The summed E-state index contributed by atoms with van der Waals surface area (Å²) in [5, 5.41) is 13.9. The van der Waals surface area contributed by atoms with Crippen LogP contribution in [-0.2, 0) is 18.4 Å². The van der Waals surface area contributed by atoms with Crippen LogP contribution in [-0.4, -0.2) is 68.5 Å². The number of carbonyl (C=O) groups excluding carboxylic acids is 1. The number of hydrogen-bond acceptors (Lipinski definition) is 6. The Bertz CT molecular complexity index is 1430. The molecule has 9 heteroatoms. The molecule has 432 valence electrons. The third-order valence-electron chi connectivity index (χ3n) is 13.9. The van der Waals surface area contributed by atoms with Gasteiger partial charge in [-0.05, 0) is 64.2 Å². The number of nitrogens with zero attached hydrogens (tertiary/aromatic N) is 1. The molecule has 0 rings (SSSR count). The van der Waals surface area contributed by atoms with Gasteiger partial charge in [0.15, 0.2) is 0 Å². The summed E-state index contributed by atoms with van der Waals surface area (Å²) in [6.07, 6.45) is 77.0. The third kappa shape index (κ3) is 57.6. The van der Waals surface area contributed by atoms with Crippen LogP contribution in [0.2, 0.25) is 0 Å². The standard InChI is InChI=1S/C65H121N2O6P/c1-6-8-10-12-14-16-18-20-22-24-26-28-30-32-33-35-37-39-41-43-45-47-49-51-53-55-57-59-65(69)66-63(62-73-74(70,71)72-61-60-67(3,4)5)64(68)58-56-54-52-50-48-46-44-42-40-38-36-34-31-29-27-25-23-21-19-17-15-13-11-9-7-2/h8,10,14,16,20,22,26,28,32-33,56,58,63-64,68H,6-7,9,11-13,15,17-19,21,23-25,27,29-31,34-55,57,59-62H2,1-5H3,(H-,66,69,70,71)/b10-8-,16-14-,22-20-,28-26-,33-32-,58-56+. The zero-order chi connectivity index (χ0) is 54.2. The molecule has 0 bridgehead atoms. The summed E-state index contributed by atoms with van der Waals surface area (Å²) in [7, 11) is 1.26. The first kappa shape index (κ1) is 71.9. The quantitative estimate of drug-likeness (QED) is 0.0272. The number of phosphoric acid groups is 1. The summed E-state index contributed by atoms with van der Waals surface area (Å²) in [4.78, 5) is 25.6. The molecular weight excluding hydrogens is 936 g/mol. The minimum absolute atomic E-state index is 0.00367. The van der Waals surface area contributed by atoms with Gasteiger partial charge < -0.3 is 28.8 Å². The molecule has 0 spiro atoms. The van der Waals surface area contributed by atoms with Crippen molar-refractivity contribution >= 4 is 13.7 Å². The number of likely N-dealkylation sites (N-methyl/N-ethyl adjacent to an activating group) is 1. The number of allylic oxidation sites excluding steroid dienone is 11. The Morgan fingerprint density at radius 1 is 0.486 bits per heavy atom. The van der Waals surface area contributed by atoms with Crippen molar-refractivity contribution in [3.63, 3.8) is 0 Å². The molecule has 74 heavy (non-hydrogen) atoms. The largest absolute Gasteiger partial charge is 0.756 e. The van der Waals surface area contributed by atoms with Gasteiger partial charge in [0.1, 0.15) is 13.2 Å². The molecule has 0 aromatic heterocycles. The van der Waals surface area contributed by atoms with Crippen LogP contribution in [0.3, 0.4) is 0 Å². The fraction of sp³-hybridized carbons (Fsp3) is 0.800. The van der Waals surface area contributed by atoms with E-state index in [2.05, 4.69) is 79.9 Å². The van der Waals surface area contributed by atoms with Crippen molar-refractivity contribution in [3.05, 3.63) is 72.9 Å². The zero-order valence-corrected chi connectivity index (χ0v) is 50.2. The number of rotatable bonds is 57. The van der Waals surface area contributed by atoms with E-state index in [0.29, 0.717) is 17.4 Å². The third-order valence-corrected chi connectivity index (χ3v) is 14.9. The van der Waals surface area contributed by atoms with Gasteiger partial charge in [0.2, 0.25) is 5.91 Å². The average molecular weight is 1060 g/mol. The highest BCUT2D eigenvalue weighted by Gasteiger charge is 2.23. The van der Waals surface area contributed by atoms with Gasteiger partial charge in [-0.2, -0.15) is 0 Å². The Morgan fingerprint density at radius 2 is 0.824 bits per heavy atom. The number of aliphatic hydroxyl groups excluding tert-OH is 1.